The summed E-state index contributed by atoms with van der Waals surface area (Å²) < 4.78 is 69.1. The highest BCUT2D eigenvalue weighted by molar-refractivity contribution is 8.16. The molecule has 0 N–H and O–H groups in total. The summed E-state index contributed by atoms with van der Waals surface area (Å²) in [6.07, 6.45) is -4.55. The molecule has 2 aromatic rings. The Hall–Kier alpha value is -2.53. The Kier molecular flexibility index (Phi) is 5.97. The monoisotopic (exact) mass is 484 g/mol. The number of ether oxygens (including phenoxy) is 1. The lowest BCUT2D eigenvalue weighted by Crippen LogP contribution is -2.38. The standard InChI is InChI=1S/C21H19F3N2O4S2/c1-30-16-7-5-13(6-8-16)9-19(27)25-20-26(17-11-32(28,29)12-18(17)31-20)15-4-2-3-14(10-15)21(22,23)24/h2-8,10,17-18H,9,11-12H2,1H3. The van der Waals surface area contributed by atoms with Crippen molar-refractivity contribution in [2.24, 2.45) is 4.99 Å². The number of nitrogens with zero attached hydrogens (tertiary/aromatic N) is 2. The van der Waals surface area contributed by atoms with E-state index in [1.54, 1.807) is 24.3 Å². The Labute approximate surface area is 187 Å². The highest BCUT2D eigenvalue weighted by Crippen LogP contribution is 2.42. The molecule has 2 aromatic carbocycles. The van der Waals surface area contributed by atoms with E-state index in [0.29, 0.717) is 11.3 Å². The van der Waals surface area contributed by atoms with E-state index in [1.807, 2.05) is 0 Å². The summed E-state index contributed by atoms with van der Waals surface area (Å²) in [7, 11) is -1.80. The van der Waals surface area contributed by atoms with Gasteiger partial charge >= 0.3 is 6.18 Å². The van der Waals surface area contributed by atoms with Crippen molar-refractivity contribution in [2.45, 2.75) is 23.9 Å². The van der Waals surface area contributed by atoms with Crippen molar-refractivity contribution in [3.63, 3.8) is 0 Å². The second-order valence-electron chi connectivity index (χ2n) is 7.53. The quantitative estimate of drug-likeness (QED) is 0.661. The van der Waals surface area contributed by atoms with Crippen molar-refractivity contribution >= 4 is 38.4 Å². The molecule has 170 valence electrons. The van der Waals surface area contributed by atoms with Crippen LogP contribution in [0.4, 0.5) is 18.9 Å². The number of aliphatic imine (C=N–C) groups is 1. The number of methoxy groups -OCH3 is 1. The zero-order valence-corrected chi connectivity index (χ0v) is 18.5. The second-order valence-corrected chi connectivity index (χ2v) is 10.9. The number of carbonyl (C=O) groups is 1. The Bertz CT molecular complexity index is 1160. The van der Waals surface area contributed by atoms with Crippen molar-refractivity contribution in [1.29, 1.82) is 0 Å². The van der Waals surface area contributed by atoms with Gasteiger partial charge in [0.2, 0.25) is 0 Å². The van der Waals surface area contributed by atoms with Gasteiger partial charge in [-0.25, -0.2) is 8.42 Å². The number of hydrogen-bond donors (Lipinski definition) is 0. The van der Waals surface area contributed by atoms with Crippen LogP contribution in [0, 0.1) is 0 Å². The highest BCUT2D eigenvalue weighted by Gasteiger charge is 2.49. The van der Waals surface area contributed by atoms with E-state index >= 15 is 0 Å². The van der Waals surface area contributed by atoms with Gasteiger partial charge in [0, 0.05) is 10.9 Å². The molecule has 0 spiro atoms. The Morgan fingerprint density at radius 3 is 2.56 bits per heavy atom. The molecule has 4 rings (SSSR count). The summed E-state index contributed by atoms with van der Waals surface area (Å²) in [5.74, 6) is -0.142. The number of amides is 1. The minimum absolute atomic E-state index is 0.00187. The van der Waals surface area contributed by atoms with E-state index in [9.17, 15) is 26.4 Å². The van der Waals surface area contributed by atoms with Crippen molar-refractivity contribution in [1.82, 2.24) is 0 Å². The second kappa shape index (κ2) is 8.43. The number of benzene rings is 2. The van der Waals surface area contributed by atoms with Crippen LogP contribution < -0.4 is 9.64 Å². The van der Waals surface area contributed by atoms with Crippen LogP contribution in [0.5, 0.6) is 5.75 Å². The first-order valence-electron chi connectivity index (χ1n) is 9.64. The molecule has 0 radical (unpaired) electrons. The fourth-order valence-corrected chi connectivity index (χ4v) is 7.69. The lowest BCUT2D eigenvalue weighted by Gasteiger charge is -2.25. The van der Waals surface area contributed by atoms with Gasteiger partial charge < -0.3 is 9.64 Å². The van der Waals surface area contributed by atoms with Crippen LogP contribution in [0.2, 0.25) is 0 Å². The summed E-state index contributed by atoms with van der Waals surface area (Å²) >= 11 is 1.12. The molecule has 2 heterocycles. The predicted octanol–water partition coefficient (Wildman–Crippen LogP) is 3.56. The number of anilines is 1. The fourth-order valence-electron chi connectivity index (χ4n) is 3.76. The lowest BCUT2D eigenvalue weighted by molar-refractivity contribution is -0.137. The molecule has 6 nitrogen and oxygen atoms in total. The fraction of sp³-hybridized carbons (Fsp3) is 0.333. The van der Waals surface area contributed by atoms with E-state index in [2.05, 4.69) is 4.99 Å². The maximum absolute atomic E-state index is 13.2. The topological polar surface area (TPSA) is 76.0 Å². The molecular weight excluding hydrogens is 465 g/mol. The molecule has 2 unspecified atom stereocenters. The zero-order chi connectivity index (χ0) is 23.1. The molecule has 2 fully saturated rings. The molecule has 0 bridgehead atoms. The van der Waals surface area contributed by atoms with Gasteiger partial charge in [-0.1, -0.05) is 30.0 Å². The van der Waals surface area contributed by atoms with Crippen molar-refractivity contribution < 1.29 is 31.1 Å². The van der Waals surface area contributed by atoms with Crippen LogP contribution in [-0.4, -0.2) is 49.4 Å². The molecule has 11 heteroatoms. The largest absolute Gasteiger partial charge is 0.497 e. The normalized spacial score (nSPS) is 23.4. The smallest absolute Gasteiger partial charge is 0.416 e. The Morgan fingerprint density at radius 2 is 1.91 bits per heavy atom. The summed E-state index contributed by atoms with van der Waals surface area (Å²) in [5, 5.41) is -0.185. The van der Waals surface area contributed by atoms with Crippen LogP contribution >= 0.6 is 11.8 Å². The van der Waals surface area contributed by atoms with E-state index in [1.165, 1.54) is 24.1 Å². The SMILES string of the molecule is COc1ccc(CC(=O)N=C2SC3CS(=O)(=O)CC3N2c2cccc(C(F)(F)F)c2)cc1. The van der Waals surface area contributed by atoms with E-state index < -0.39 is 38.8 Å². The molecule has 2 saturated heterocycles. The maximum Gasteiger partial charge on any atom is 0.416 e. The third-order valence-electron chi connectivity index (χ3n) is 5.25. The third kappa shape index (κ3) is 4.78. The maximum atomic E-state index is 13.2. The average Bonchev–Trinajstić information content (AvgIpc) is 3.18. The summed E-state index contributed by atoms with van der Waals surface area (Å²) in [5.41, 5.74) is 0.0117. The van der Waals surface area contributed by atoms with Crippen LogP contribution in [0.1, 0.15) is 11.1 Å². The number of halogens is 3. The number of alkyl halides is 3. The van der Waals surface area contributed by atoms with Crippen LogP contribution in [0.3, 0.4) is 0 Å². The molecular formula is C21H19F3N2O4S2. The predicted molar refractivity (Wildman–Crippen MR) is 117 cm³/mol. The molecule has 0 aromatic heterocycles. The number of sulfone groups is 1. The van der Waals surface area contributed by atoms with Gasteiger partial charge in [0.25, 0.3) is 5.91 Å². The molecule has 2 atom stereocenters. The number of thioether (sulfide) groups is 1. The van der Waals surface area contributed by atoms with E-state index in [0.717, 1.165) is 23.9 Å². The first-order chi connectivity index (χ1) is 15.1. The first kappa shape index (κ1) is 22.7. The Balaban J connectivity index is 1.65. The number of fused-ring (bicyclic) bond motifs is 1. The van der Waals surface area contributed by atoms with Crippen LogP contribution in [-0.2, 0) is 27.2 Å². The Morgan fingerprint density at radius 1 is 1.19 bits per heavy atom. The lowest BCUT2D eigenvalue weighted by atomic mass is 10.1. The zero-order valence-electron chi connectivity index (χ0n) is 16.9. The number of hydrogen-bond acceptors (Lipinski definition) is 5. The van der Waals surface area contributed by atoms with E-state index in [4.69, 9.17) is 4.74 Å². The van der Waals surface area contributed by atoms with Gasteiger partial charge in [-0.15, -0.1) is 0 Å². The van der Waals surface area contributed by atoms with Gasteiger partial charge in [-0.05, 0) is 35.9 Å². The minimum atomic E-state index is -4.55. The highest BCUT2D eigenvalue weighted by atomic mass is 32.2. The molecule has 2 aliphatic heterocycles. The molecule has 0 saturated carbocycles. The number of rotatable bonds is 4. The van der Waals surface area contributed by atoms with Gasteiger partial charge in [0.15, 0.2) is 15.0 Å². The first-order valence-corrected chi connectivity index (χ1v) is 12.3. The molecule has 2 aliphatic rings. The molecule has 32 heavy (non-hydrogen) atoms. The van der Waals surface area contributed by atoms with Crippen LogP contribution in [0.15, 0.2) is 53.5 Å². The average molecular weight is 485 g/mol. The molecule has 1 amide bonds. The third-order valence-corrected chi connectivity index (χ3v) is 8.46. The van der Waals surface area contributed by atoms with Crippen molar-refractivity contribution in [2.75, 3.05) is 23.5 Å². The van der Waals surface area contributed by atoms with Crippen molar-refractivity contribution in [3.05, 3.63) is 59.7 Å². The summed E-state index contributed by atoms with van der Waals surface area (Å²) in [4.78, 5) is 18.2. The van der Waals surface area contributed by atoms with Crippen molar-refractivity contribution in [3.8, 4) is 5.75 Å². The summed E-state index contributed by atoms with van der Waals surface area (Å²) in [6, 6.07) is 10.9. The van der Waals surface area contributed by atoms with E-state index in [-0.39, 0.29) is 28.8 Å². The van der Waals surface area contributed by atoms with Crippen LogP contribution in [0.25, 0.3) is 0 Å². The number of carbonyl (C=O) groups excluding carboxylic acids is 1. The number of amidine groups is 1. The van der Waals surface area contributed by atoms with Gasteiger partial charge in [-0.2, -0.15) is 18.2 Å². The summed E-state index contributed by atoms with van der Waals surface area (Å²) in [6.45, 7) is 0. The van der Waals surface area contributed by atoms with Gasteiger partial charge in [0.05, 0.1) is 36.6 Å². The van der Waals surface area contributed by atoms with Gasteiger partial charge in [-0.3, -0.25) is 4.79 Å². The molecule has 0 aliphatic carbocycles. The minimum Gasteiger partial charge on any atom is -0.497 e. The van der Waals surface area contributed by atoms with Gasteiger partial charge in [0.1, 0.15) is 5.75 Å².